The quantitative estimate of drug-likeness (QED) is 0.273. The Kier molecular flexibility index (Phi) is 7.35. The van der Waals surface area contributed by atoms with E-state index in [2.05, 4.69) is 32.5 Å². The number of anilines is 1. The van der Waals surface area contributed by atoms with Crippen LogP contribution in [-0.4, -0.2) is 81.5 Å². The van der Waals surface area contributed by atoms with Gasteiger partial charge in [-0.25, -0.2) is 14.6 Å². The third-order valence-electron chi connectivity index (χ3n) is 6.76. The summed E-state index contributed by atoms with van der Waals surface area (Å²) in [7, 11) is 0. The maximum Gasteiger partial charge on any atom is 0.228 e. The normalized spacial score (nSPS) is 23.8. The van der Waals surface area contributed by atoms with Gasteiger partial charge in [0, 0.05) is 37.3 Å². The maximum absolute atomic E-state index is 13.4. The second-order valence-electron chi connectivity index (χ2n) is 9.43. The minimum atomic E-state index is -1.21. The number of hydrogen-bond acceptors (Lipinski definition) is 10. The largest absolute Gasteiger partial charge is 0.390 e. The Bertz CT molecular complexity index is 1200. The number of pyridine rings is 1. The number of fused-ring (bicyclic) bond motifs is 1. The molecule has 2 saturated carbocycles. The van der Waals surface area contributed by atoms with Gasteiger partial charge in [0.15, 0.2) is 22.1 Å². The predicted octanol–water partition coefficient (Wildman–Crippen LogP) is 2.02. The topological polar surface area (TPSA) is 142 Å². The number of hydrogen-bond donors (Lipinski definition) is 3. The van der Waals surface area contributed by atoms with Crippen molar-refractivity contribution in [2.24, 2.45) is 5.92 Å². The number of nitrogens with zero attached hydrogens (tertiary/aromatic N) is 7. The van der Waals surface area contributed by atoms with Crippen LogP contribution in [0, 0.1) is 5.92 Å². The van der Waals surface area contributed by atoms with Crippen molar-refractivity contribution in [1.29, 1.82) is 0 Å². The third-order valence-corrected chi connectivity index (χ3v) is 7.81. The van der Waals surface area contributed by atoms with Crippen molar-refractivity contribution in [3.63, 3.8) is 0 Å². The minimum Gasteiger partial charge on any atom is -0.390 e. The Morgan fingerprint density at radius 3 is 2.67 bits per heavy atom. The number of rotatable bonds is 10. The average molecular weight is 513 g/mol. The molecule has 0 aromatic carbocycles. The average Bonchev–Trinajstić information content (AvgIpc) is 3.54. The van der Waals surface area contributed by atoms with Crippen molar-refractivity contribution in [1.82, 2.24) is 34.8 Å². The summed E-state index contributed by atoms with van der Waals surface area (Å²) >= 11 is 1.56. The van der Waals surface area contributed by atoms with E-state index in [9.17, 15) is 15.0 Å². The first kappa shape index (κ1) is 24.8. The van der Waals surface area contributed by atoms with Crippen molar-refractivity contribution in [2.75, 3.05) is 17.6 Å². The lowest BCUT2D eigenvalue weighted by Gasteiger charge is -2.26. The Balaban J connectivity index is 1.41. The number of aromatic nitrogens is 6. The summed E-state index contributed by atoms with van der Waals surface area (Å²) in [6, 6.07) is 3.47. The van der Waals surface area contributed by atoms with Gasteiger partial charge in [0.2, 0.25) is 5.91 Å². The molecule has 2 aliphatic carbocycles. The Labute approximate surface area is 213 Å². The van der Waals surface area contributed by atoms with Gasteiger partial charge in [-0.2, -0.15) is 0 Å². The fraction of sp³-hybridized carbons (Fsp3) is 0.583. The van der Waals surface area contributed by atoms with Crippen LogP contribution < -0.4 is 5.32 Å². The van der Waals surface area contributed by atoms with Gasteiger partial charge in [-0.3, -0.25) is 9.78 Å². The molecule has 0 aliphatic heterocycles. The first-order valence-electron chi connectivity index (χ1n) is 12.6. The Morgan fingerprint density at radius 2 is 1.97 bits per heavy atom. The SMILES string of the molecule is CCCSc1nc(NC2CC2)c2nnn(C3CC(C(=O)N(CC)Cc4ccncc4)C(O)C3O)c2n1. The van der Waals surface area contributed by atoms with Gasteiger partial charge in [0.1, 0.15) is 6.10 Å². The van der Waals surface area contributed by atoms with E-state index in [1.54, 1.807) is 33.7 Å². The number of carbonyl (C=O) groups excluding carboxylic acids is 1. The fourth-order valence-corrected chi connectivity index (χ4v) is 5.29. The molecule has 4 atom stereocenters. The Hall–Kier alpha value is -2.83. The zero-order valence-corrected chi connectivity index (χ0v) is 21.3. The molecule has 11 nitrogen and oxygen atoms in total. The highest BCUT2D eigenvalue weighted by Gasteiger charge is 2.48. The molecule has 0 saturated heterocycles. The molecule has 5 rings (SSSR count). The molecular weight excluding hydrogens is 480 g/mol. The van der Waals surface area contributed by atoms with Crippen LogP contribution in [0.15, 0.2) is 29.7 Å². The number of nitrogens with one attached hydrogen (secondary N) is 1. The molecule has 3 aromatic rings. The lowest BCUT2D eigenvalue weighted by atomic mass is 10.0. The second kappa shape index (κ2) is 10.7. The highest BCUT2D eigenvalue weighted by atomic mass is 32.2. The highest BCUT2D eigenvalue weighted by molar-refractivity contribution is 7.99. The summed E-state index contributed by atoms with van der Waals surface area (Å²) in [5.74, 6) is 0.563. The molecule has 3 N–H and O–H groups in total. The number of carbonyl (C=O) groups is 1. The molecule has 192 valence electrons. The van der Waals surface area contributed by atoms with Gasteiger partial charge in [0.25, 0.3) is 0 Å². The van der Waals surface area contributed by atoms with E-state index in [-0.39, 0.29) is 12.3 Å². The van der Waals surface area contributed by atoms with Crippen molar-refractivity contribution >= 4 is 34.7 Å². The number of aliphatic hydroxyl groups excluding tert-OH is 2. The highest BCUT2D eigenvalue weighted by Crippen LogP contribution is 2.38. The molecule has 0 spiro atoms. The van der Waals surface area contributed by atoms with E-state index in [0.717, 1.165) is 30.6 Å². The predicted molar refractivity (Wildman–Crippen MR) is 135 cm³/mol. The molecule has 36 heavy (non-hydrogen) atoms. The van der Waals surface area contributed by atoms with Crippen molar-refractivity contribution in [2.45, 2.75) is 75.5 Å². The monoisotopic (exact) mass is 512 g/mol. The molecular formula is C24H32N8O3S. The first-order chi connectivity index (χ1) is 17.5. The van der Waals surface area contributed by atoms with Gasteiger partial charge >= 0.3 is 0 Å². The molecule has 12 heteroatoms. The molecule has 0 radical (unpaired) electrons. The summed E-state index contributed by atoms with van der Waals surface area (Å²) in [6.45, 7) is 4.90. The summed E-state index contributed by atoms with van der Waals surface area (Å²) in [5, 5.41) is 34.6. The van der Waals surface area contributed by atoms with Crippen molar-refractivity contribution in [3.8, 4) is 0 Å². The molecule has 3 aromatic heterocycles. The van der Waals surface area contributed by atoms with Crippen LogP contribution in [0.1, 0.15) is 51.1 Å². The molecule has 1 amide bonds. The van der Waals surface area contributed by atoms with Gasteiger partial charge in [-0.15, -0.1) is 5.10 Å². The van der Waals surface area contributed by atoms with Crippen LogP contribution in [0.25, 0.3) is 11.2 Å². The summed E-state index contributed by atoms with van der Waals surface area (Å²) in [6.07, 6.45) is 4.38. The zero-order chi connectivity index (χ0) is 25.2. The molecule has 0 bridgehead atoms. The van der Waals surface area contributed by atoms with E-state index in [0.29, 0.717) is 41.3 Å². The van der Waals surface area contributed by atoms with Crippen molar-refractivity contribution < 1.29 is 15.0 Å². The van der Waals surface area contributed by atoms with Crippen LogP contribution in [0.5, 0.6) is 0 Å². The standard InChI is InChI=1S/C24H32N8O3S/c1-3-11-36-24-27-21(26-15-5-6-15)18-22(28-24)32(30-29-18)17-12-16(19(33)20(17)34)23(35)31(4-2)13-14-7-9-25-10-8-14/h7-10,15-17,19-20,33-34H,3-6,11-13H2,1-2H3,(H,26,27,28). The van der Waals surface area contributed by atoms with Gasteiger partial charge in [0.05, 0.1) is 18.1 Å². The second-order valence-corrected chi connectivity index (χ2v) is 10.5. The summed E-state index contributed by atoms with van der Waals surface area (Å²) < 4.78 is 1.56. The molecule has 2 aliphatic rings. The number of amides is 1. The summed E-state index contributed by atoms with van der Waals surface area (Å²) in [5.41, 5.74) is 1.99. The molecule has 2 fully saturated rings. The van der Waals surface area contributed by atoms with E-state index in [1.165, 1.54) is 0 Å². The van der Waals surface area contributed by atoms with E-state index in [1.807, 2.05) is 19.1 Å². The fourth-order valence-electron chi connectivity index (χ4n) is 4.60. The minimum absolute atomic E-state index is 0.197. The number of aliphatic hydroxyl groups is 2. The van der Waals surface area contributed by atoms with Crippen LogP contribution in [0.4, 0.5) is 5.82 Å². The lowest BCUT2D eigenvalue weighted by Crippen LogP contribution is -2.40. The van der Waals surface area contributed by atoms with Crippen LogP contribution in [-0.2, 0) is 11.3 Å². The van der Waals surface area contributed by atoms with E-state index < -0.39 is 24.2 Å². The van der Waals surface area contributed by atoms with Crippen LogP contribution >= 0.6 is 11.8 Å². The third kappa shape index (κ3) is 5.02. The lowest BCUT2D eigenvalue weighted by molar-refractivity contribution is -0.140. The van der Waals surface area contributed by atoms with E-state index >= 15 is 0 Å². The van der Waals surface area contributed by atoms with E-state index in [4.69, 9.17) is 4.98 Å². The Morgan fingerprint density at radius 1 is 1.19 bits per heavy atom. The van der Waals surface area contributed by atoms with Crippen molar-refractivity contribution in [3.05, 3.63) is 30.1 Å². The van der Waals surface area contributed by atoms with Gasteiger partial charge in [-0.05, 0) is 50.3 Å². The zero-order valence-electron chi connectivity index (χ0n) is 20.5. The maximum atomic E-state index is 13.4. The first-order valence-corrected chi connectivity index (χ1v) is 13.5. The van der Waals surface area contributed by atoms with Crippen LogP contribution in [0.2, 0.25) is 0 Å². The van der Waals surface area contributed by atoms with Crippen LogP contribution in [0.3, 0.4) is 0 Å². The molecule has 3 heterocycles. The summed E-state index contributed by atoms with van der Waals surface area (Å²) in [4.78, 5) is 28.5. The smallest absolute Gasteiger partial charge is 0.228 e. The van der Waals surface area contributed by atoms with Gasteiger partial charge in [-0.1, -0.05) is 23.9 Å². The number of thioether (sulfide) groups is 1. The van der Waals surface area contributed by atoms with Gasteiger partial charge < -0.3 is 20.4 Å². The molecule has 4 unspecified atom stereocenters.